The lowest BCUT2D eigenvalue weighted by Gasteiger charge is -2.21. The van der Waals surface area contributed by atoms with Crippen molar-refractivity contribution in [3.63, 3.8) is 0 Å². The van der Waals surface area contributed by atoms with Crippen LogP contribution < -0.4 is 5.32 Å². The topological polar surface area (TPSA) is 49.4 Å². The molecule has 0 aliphatic rings. The van der Waals surface area contributed by atoms with Gasteiger partial charge in [-0.05, 0) is 36.2 Å². The minimum atomic E-state index is -0.699. The molecule has 0 fully saturated rings. The van der Waals surface area contributed by atoms with Crippen molar-refractivity contribution in [2.45, 2.75) is 13.3 Å². The number of nitrogens with one attached hydrogen (secondary N) is 1. The van der Waals surface area contributed by atoms with Crippen molar-refractivity contribution in [1.82, 2.24) is 10.2 Å². The van der Waals surface area contributed by atoms with E-state index in [1.807, 2.05) is 0 Å². The molecule has 0 bridgehead atoms. The molecule has 0 saturated heterocycles. The van der Waals surface area contributed by atoms with E-state index >= 15 is 0 Å². The van der Waals surface area contributed by atoms with Crippen LogP contribution in [0.3, 0.4) is 0 Å². The van der Waals surface area contributed by atoms with Crippen LogP contribution in [0.4, 0.5) is 8.78 Å². The maximum Gasteiger partial charge on any atom is 0.255 e. The zero-order chi connectivity index (χ0) is 19.1. The van der Waals surface area contributed by atoms with Gasteiger partial charge in [-0.3, -0.25) is 9.59 Å². The van der Waals surface area contributed by atoms with Crippen LogP contribution in [0.1, 0.15) is 22.8 Å². The molecule has 0 atom stereocenters. The third kappa shape index (κ3) is 5.52. The Morgan fingerprint density at radius 1 is 1.08 bits per heavy atom. The van der Waals surface area contributed by atoms with Crippen LogP contribution in [0.25, 0.3) is 0 Å². The highest BCUT2D eigenvalue weighted by molar-refractivity contribution is 6.33. The highest BCUT2D eigenvalue weighted by atomic mass is 35.5. The van der Waals surface area contributed by atoms with Gasteiger partial charge in [0.25, 0.3) is 5.91 Å². The first-order valence-electron chi connectivity index (χ1n) is 8.10. The zero-order valence-electron chi connectivity index (χ0n) is 14.3. The number of hydrogen-bond donors (Lipinski definition) is 1. The maximum atomic E-state index is 13.7. The number of nitrogens with zero attached hydrogens (tertiary/aromatic N) is 1. The summed E-state index contributed by atoms with van der Waals surface area (Å²) in [6.07, 6.45) is 0.562. The van der Waals surface area contributed by atoms with Crippen molar-refractivity contribution in [3.05, 3.63) is 70.2 Å². The summed E-state index contributed by atoms with van der Waals surface area (Å²) in [5.41, 5.74) is 0.690. The SMILES string of the molecule is CC(=O)N(CCNC(=O)c1c(F)cccc1Cl)CCc1ccc(F)cc1. The molecule has 0 saturated carbocycles. The van der Waals surface area contributed by atoms with E-state index in [0.29, 0.717) is 13.0 Å². The molecule has 0 spiro atoms. The van der Waals surface area contributed by atoms with Crippen LogP contribution in [0.15, 0.2) is 42.5 Å². The molecule has 0 aliphatic carbocycles. The summed E-state index contributed by atoms with van der Waals surface area (Å²) in [6.45, 7) is 2.29. The molecule has 0 heterocycles. The van der Waals surface area contributed by atoms with E-state index in [1.54, 1.807) is 17.0 Å². The van der Waals surface area contributed by atoms with Crippen molar-refractivity contribution < 1.29 is 18.4 Å². The lowest BCUT2D eigenvalue weighted by molar-refractivity contribution is -0.128. The molecule has 7 heteroatoms. The van der Waals surface area contributed by atoms with Gasteiger partial charge in [0, 0.05) is 26.6 Å². The fourth-order valence-corrected chi connectivity index (χ4v) is 2.70. The third-order valence-electron chi connectivity index (χ3n) is 3.89. The van der Waals surface area contributed by atoms with Crippen molar-refractivity contribution >= 4 is 23.4 Å². The Morgan fingerprint density at radius 3 is 2.38 bits per heavy atom. The van der Waals surface area contributed by atoms with Gasteiger partial charge >= 0.3 is 0 Å². The van der Waals surface area contributed by atoms with Gasteiger partial charge < -0.3 is 10.2 Å². The molecule has 2 amide bonds. The Hall–Kier alpha value is -2.47. The van der Waals surface area contributed by atoms with Crippen LogP contribution in [-0.4, -0.2) is 36.3 Å². The number of halogens is 3. The zero-order valence-corrected chi connectivity index (χ0v) is 15.0. The summed E-state index contributed by atoms with van der Waals surface area (Å²) >= 11 is 5.85. The highest BCUT2D eigenvalue weighted by Crippen LogP contribution is 2.18. The molecule has 2 aromatic rings. The molecule has 2 aromatic carbocycles. The second-order valence-corrected chi connectivity index (χ2v) is 6.14. The Kier molecular flexibility index (Phi) is 7.09. The molecule has 0 radical (unpaired) electrons. The fraction of sp³-hybridized carbons (Fsp3) is 0.263. The van der Waals surface area contributed by atoms with Crippen molar-refractivity contribution in [2.24, 2.45) is 0 Å². The van der Waals surface area contributed by atoms with E-state index in [2.05, 4.69) is 5.32 Å². The van der Waals surface area contributed by atoms with E-state index in [1.165, 1.54) is 31.2 Å². The molecule has 0 aliphatic heterocycles. The fourth-order valence-electron chi connectivity index (χ4n) is 2.45. The number of rotatable bonds is 7. The van der Waals surface area contributed by atoms with E-state index in [-0.39, 0.29) is 35.4 Å². The second kappa shape index (κ2) is 9.29. The Morgan fingerprint density at radius 2 is 1.77 bits per heavy atom. The van der Waals surface area contributed by atoms with E-state index in [0.717, 1.165) is 11.6 Å². The Balaban J connectivity index is 1.87. The van der Waals surface area contributed by atoms with E-state index in [9.17, 15) is 18.4 Å². The third-order valence-corrected chi connectivity index (χ3v) is 4.20. The smallest absolute Gasteiger partial charge is 0.255 e. The minimum absolute atomic E-state index is 0.0298. The second-order valence-electron chi connectivity index (χ2n) is 5.74. The van der Waals surface area contributed by atoms with Crippen LogP contribution in [0.2, 0.25) is 5.02 Å². The van der Waals surface area contributed by atoms with Crippen LogP contribution in [0.5, 0.6) is 0 Å². The molecule has 26 heavy (non-hydrogen) atoms. The average Bonchev–Trinajstić information content (AvgIpc) is 2.59. The highest BCUT2D eigenvalue weighted by Gasteiger charge is 2.16. The standard InChI is InChI=1S/C19H19ClF2N2O2/c1-13(25)24(11-9-14-5-7-15(21)8-6-14)12-10-23-19(26)18-16(20)3-2-4-17(18)22/h2-8H,9-12H2,1H3,(H,23,26). The maximum absolute atomic E-state index is 13.7. The molecule has 138 valence electrons. The summed E-state index contributed by atoms with van der Waals surface area (Å²) in [5, 5.41) is 2.59. The van der Waals surface area contributed by atoms with Crippen LogP contribution >= 0.6 is 11.6 Å². The van der Waals surface area contributed by atoms with Gasteiger partial charge in [0.15, 0.2) is 0 Å². The van der Waals surface area contributed by atoms with E-state index < -0.39 is 11.7 Å². The van der Waals surface area contributed by atoms with Crippen molar-refractivity contribution in [3.8, 4) is 0 Å². The molecule has 2 rings (SSSR count). The molecule has 1 N–H and O–H groups in total. The average molecular weight is 381 g/mol. The normalized spacial score (nSPS) is 10.5. The van der Waals surface area contributed by atoms with Gasteiger partial charge in [0.2, 0.25) is 5.91 Å². The largest absolute Gasteiger partial charge is 0.350 e. The van der Waals surface area contributed by atoms with Gasteiger partial charge in [0.05, 0.1) is 10.6 Å². The summed E-state index contributed by atoms with van der Waals surface area (Å²) in [4.78, 5) is 25.4. The summed E-state index contributed by atoms with van der Waals surface area (Å²) in [5.74, 6) is -1.79. The van der Waals surface area contributed by atoms with E-state index in [4.69, 9.17) is 11.6 Å². The summed E-state index contributed by atoms with van der Waals surface area (Å²) < 4.78 is 26.6. The number of hydrogen-bond acceptors (Lipinski definition) is 2. The van der Waals surface area contributed by atoms with Gasteiger partial charge in [-0.1, -0.05) is 29.8 Å². The van der Waals surface area contributed by atoms with Gasteiger partial charge in [-0.25, -0.2) is 8.78 Å². The number of carbonyl (C=O) groups is 2. The summed E-state index contributed by atoms with van der Waals surface area (Å²) in [7, 11) is 0. The predicted molar refractivity (Wildman–Crippen MR) is 96.1 cm³/mol. The lowest BCUT2D eigenvalue weighted by atomic mass is 10.1. The molecule has 0 aromatic heterocycles. The molecular weight excluding hydrogens is 362 g/mol. The predicted octanol–water partition coefficient (Wildman–Crippen LogP) is 3.44. The van der Waals surface area contributed by atoms with Gasteiger partial charge in [-0.15, -0.1) is 0 Å². The van der Waals surface area contributed by atoms with Crippen LogP contribution in [0, 0.1) is 11.6 Å². The van der Waals surface area contributed by atoms with Crippen molar-refractivity contribution in [2.75, 3.05) is 19.6 Å². The molecular formula is C19H19ClF2N2O2. The van der Waals surface area contributed by atoms with Crippen molar-refractivity contribution in [1.29, 1.82) is 0 Å². The minimum Gasteiger partial charge on any atom is -0.350 e. The first-order valence-corrected chi connectivity index (χ1v) is 8.48. The van der Waals surface area contributed by atoms with Crippen LogP contribution in [-0.2, 0) is 11.2 Å². The summed E-state index contributed by atoms with van der Waals surface area (Å²) in [6, 6.07) is 10.1. The molecule has 4 nitrogen and oxygen atoms in total. The van der Waals surface area contributed by atoms with Gasteiger partial charge in [-0.2, -0.15) is 0 Å². The lowest BCUT2D eigenvalue weighted by Crippen LogP contribution is -2.38. The monoisotopic (exact) mass is 380 g/mol. The molecule has 0 unspecified atom stereocenters. The first-order chi connectivity index (χ1) is 12.4. The Bertz CT molecular complexity index is 761. The number of carbonyl (C=O) groups excluding carboxylic acids is 2. The number of amides is 2. The Labute approximate surface area is 155 Å². The number of benzene rings is 2. The quantitative estimate of drug-likeness (QED) is 0.800. The van der Waals surface area contributed by atoms with Gasteiger partial charge in [0.1, 0.15) is 11.6 Å². The first kappa shape index (κ1) is 19.8.